The van der Waals surface area contributed by atoms with E-state index in [1.165, 1.54) is 6.07 Å². The first-order valence-electron chi connectivity index (χ1n) is 5.02. The Balaban J connectivity index is 2.76. The van der Waals surface area contributed by atoms with E-state index in [2.05, 4.69) is 4.98 Å². The van der Waals surface area contributed by atoms with Crippen molar-refractivity contribution in [2.24, 2.45) is 7.05 Å². The first-order chi connectivity index (χ1) is 7.54. The quantitative estimate of drug-likeness (QED) is 0.748. The van der Waals surface area contributed by atoms with E-state index in [-0.39, 0.29) is 11.3 Å². The molecule has 0 radical (unpaired) electrons. The third-order valence-corrected chi connectivity index (χ3v) is 2.69. The highest BCUT2D eigenvalue weighted by molar-refractivity contribution is 5.98. The molecule has 0 aliphatic rings. The maximum atomic E-state index is 10.9. The van der Waals surface area contributed by atoms with Gasteiger partial charge in [-0.3, -0.25) is 0 Å². The van der Waals surface area contributed by atoms with Crippen molar-refractivity contribution in [2.75, 3.05) is 5.73 Å². The molecule has 0 atom stereocenters. The number of nitrogen functional groups attached to an aromatic ring is 1. The Bertz CT molecular complexity index is 572. The van der Waals surface area contributed by atoms with Crippen molar-refractivity contribution in [3.05, 3.63) is 23.5 Å². The largest absolute Gasteiger partial charge is 0.478 e. The molecule has 84 valence electrons. The van der Waals surface area contributed by atoms with Crippen molar-refractivity contribution < 1.29 is 9.90 Å². The van der Waals surface area contributed by atoms with Crippen molar-refractivity contribution in [3.8, 4) is 0 Å². The average molecular weight is 219 g/mol. The number of imidazole rings is 1. The van der Waals surface area contributed by atoms with Gasteiger partial charge in [0.2, 0.25) is 0 Å². The molecule has 5 heteroatoms. The molecule has 1 aromatic carbocycles. The Labute approximate surface area is 92.5 Å². The summed E-state index contributed by atoms with van der Waals surface area (Å²) in [5, 5.41) is 8.94. The van der Waals surface area contributed by atoms with Gasteiger partial charge in [0, 0.05) is 19.2 Å². The van der Waals surface area contributed by atoms with Crippen molar-refractivity contribution in [1.82, 2.24) is 9.55 Å². The minimum atomic E-state index is -1.02. The number of carbonyl (C=O) groups is 1. The Morgan fingerprint density at radius 2 is 2.25 bits per heavy atom. The van der Waals surface area contributed by atoms with Gasteiger partial charge in [-0.2, -0.15) is 0 Å². The van der Waals surface area contributed by atoms with Gasteiger partial charge in [0.05, 0.1) is 16.6 Å². The maximum Gasteiger partial charge on any atom is 0.337 e. The van der Waals surface area contributed by atoms with E-state index in [4.69, 9.17) is 10.8 Å². The van der Waals surface area contributed by atoms with Crippen LogP contribution in [0.2, 0.25) is 0 Å². The summed E-state index contributed by atoms with van der Waals surface area (Å²) in [6.45, 7) is 2.00. The van der Waals surface area contributed by atoms with Gasteiger partial charge in [-0.15, -0.1) is 0 Å². The van der Waals surface area contributed by atoms with Crippen LogP contribution in [0.4, 0.5) is 5.69 Å². The summed E-state index contributed by atoms with van der Waals surface area (Å²) in [6.07, 6.45) is 0.799. The minimum absolute atomic E-state index is 0.105. The zero-order chi connectivity index (χ0) is 11.9. The molecule has 0 saturated heterocycles. The van der Waals surface area contributed by atoms with Gasteiger partial charge in [0.1, 0.15) is 5.82 Å². The molecule has 0 aliphatic heterocycles. The number of hydrogen-bond acceptors (Lipinski definition) is 3. The number of hydrogen-bond donors (Lipinski definition) is 2. The number of aromatic carboxylic acids is 1. The molecular formula is C11H13N3O2. The van der Waals surface area contributed by atoms with Crippen LogP contribution in [-0.2, 0) is 13.5 Å². The zero-order valence-corrected chi connectivity index (χ0v) is 9.19. The number of benzene rings is 1. The molecule has 0 amide bonds. The summed E-state index contributed by atoms with van der Waals surface area (Å²) >= 11 is 0. The molecule has 0 spiro atoms. The number of anilines is 1. The van der Waals surface area contributed by atoms with Crippen molar-refractivity contribution in [2.45, 2.75) is 13.3 Å². The van der Waals surface area contributed by atoms with Crippen molar-refractivity contribution >= 4 is 22.7 Å². The molecule has 0 saturated carbocycles. The van der Waals surface area contributed by atoms with E-state index in [0.717, 1.165) is 17.8 Å². The number of nitrogens with zero attached hydrogens (tertiary/aromatic N) is 2. The molecule has 16 heavy (non-hydrogen) atoms. The zero-order valence-electron chi connectivity index (χ0n) is 9.19. The van der Waals surface area contributed by atoms with Crippen LogP contribution in [0.25, 0.3) is 11.0 Å². The minimum Gasteiger partial charge on any atom is -0.478 e. The summed E-state index contributed by atoms with van der Waals surface area (Å²) in [6, 6.07) is 3.18. The second-order valence-electron chi connectivity index (χ2n) is 3.67. The molecule has 1 aromatic heterocycles. The molecule has 1 heterocycles. The highest BCUT2D eigenvalue weighted by atomic mass is 16.4. The van der Waals surface area contributed by atoms with E-state index in [9.17, 15) is 4.79 Å². The van der Waals surface area contributed by atoms with Crippen LogP contribution in [0.5, 0.6) is 0 Å². The topological polar surface area (TPSA) is 81.1 Å². The highest BCUT2D eigenvalue weighted by Gasteiger charge is 2.13. The molecular weight excluding hydrogens is 206 g/mol. The fourth-order valence-corrected chi connectivity index (χ4v) is 1.81. The summed E-state index contributed by atoms with van der Waals surface area (Å²) in [4.78, 5) is 15.3. The first kappa shape index (κ1) is 10.5. The van der Waals surface area contributed by atoms with Gasteiger partial charge in [-0.05, 0) is 12.1 Å². The second kappa shape index (κ2) is 3.52. The van der Waals surface area contributed by atoms with E-state index in [1.807, 2.05) is 18.5 Å². The van der Waals surface area contributed by atoms with Crippen LogP contribution in [-0.4, -0.2) is 20.6 Å². The van der Waals surface area contributed by atoms with Gasteiger partial charge in [-0.1, -0.05) is 6.92 Å². The number of aryl methyl sites for hydroxylation is 2. The molecule has 5 nitrogen and oxygen atoms in total. The third kappa shape index (κ3) is 1.41. The van der Waals surface area contributed by atoms with E-state index in [0.29, 0.717) is 5.52 Å². The van der Waals surface area contributed by atoms with Crippen LogP contribution in [0, 0.1) is 0 Å². The molecule has 0 bridgehead atoms. The van der Waals surface area contributed by atoms with Crippen LogP contribution in [0.1, 0.15) is 23.1 Å². The standard InChI is InChI=1S/C11H13N3O2/c1-3-10-13-8-4-6(11(15)16)7(12)5-9(8)14(10)2/h4-5H,3,12H2,1-2H3,(H,15,16). The number of carboxylic acids is 1. The summed E-state index contributed by atoms with van der Waals surface area (Å²) in [5.41, 5.74) is 7.59. The van der Waals surface area contributed by atoms with Gasteiger partial charge >= 0.3 is 5.97 Å². The predicted octanol–water partition coefficient (Wildman–Crippen LogP) is 1.42. The molecule has 3 N–H and O–H groups in total. The smallest absolute Gasteiger partial charge is 0.337 e. The molecule has 0 fully saturated rings. The Morgan fingerprint density at radius 1 is 1.56 bits per heavy atom. The summed E-state index contributed by atoms with van der Waals surface area (Å²) in [5.74, 6) is -0.111. The monoisotopic (exact) mass is 219 g/mol. The predicted molar refractivity (Wildman–Crippen MR) is 61.5 cm³/mol. The van der Waals surface area contributed by atoms with E-state index in [1.54, 1.807) is 6.07 Å². The maximum absolute atomic E-state index is 10.9. The summed E-state index contributed by atoms with van der Waals surface area (Å²) < 4.78 is 1.93. The van der Waals surface area contributed by atoms with Gasteiger partial charge in [0.25, 0.3) is 0 Å². The lowest BCUT2D eigenvalue weighted by molar-refractivity contribution is 0.0698. The fourth-order valence-electron chi connectivity index (χ4n) is 1.81. The SMILES string of the molecule is CCc1nc2cc(C(=O)O)c(N)cc2n1C. The van der Waals surface area contributed by atoms with Gasteiger partial charge < -0.3 is 15.4 Å². The Hall–Kier alpha value is -2.04. The van der Waals surface area contributed by atoms with E-state index >= 15 is 0 Å². The molecule has 2 aromatic rings. The van der Waals surface area contributed by atoms with Crippen molar-refractivity contribution in [1.29, 1.82) is 0 Å². The summed E-state index contributed by atoms with van der Waals surface area (Å²) in [7, 11) is 1.90. The lowest BCUT2D eigenvalue weighted by Gasteiger charge is -2.02. The van der Waals surface area contributed by atoms with Gasteiger partial charge in [-0.25, -0.2) is 9.78 Å². The van der Waals surface area contributed by atoms with Crippen LogP contribution < -0.4 is 5.73 Å². The van der Waals surface area contributed by atoms with Crippen LogP contribution in [0.15, 0.2) is 12.1 Å². The Kier molecular flexibility index (Phi) is 2.30. The molecule has 0 unspecified atom stereocenters. The highest BCUT2D eigenvalue weighted by Crippen LogP contribution is 2.22. The number of rotatable bonds is 2. The Morgan fingerprint density at radius 3 is 2.81 bits per heavy atom. The third-order valence-electron chi connectivity index (χ3n) is 2.69. The van der Waals surface area contributed by atoms with Gasteiger partial charge in [0.15, 0.2) is 0 Å². The average Bonchev–Trinajstić information content (AvgIpc) is 2.54. The van der Waals surface area contributed by atoms with Crippen LogP contribution in [0.3, 0.4) is 0 Å². The van der Waals surface area contributed by atoms with Crippen molar-refractivity contribution in [3.63, 3.8) is 0 Å². The number of carboxylic acid groups (broad SMARTS) is 1. The second-order valence-corrected chi connectivity index (χ2v) is 3.67. The fraction of sp³-hybridized carbons (Fsp3) is 0.273. The molecule has 0 aliphatic carbocycles. The number of nitrogens with two attached hydrogens (primary N) is 1. The molecule has 2 rings (SSSR count). The van der Waals surface area contributed by atoms with Crippen LogP contribution >= 0.6 is 0 Å². The first-order valence-corrected chi connectivity index (χ1v) is 5.02. The normalized spacial score (nSPS) is 10.9. The lowest BCUT2D eigenvalue weighted by Crippen LogP contribution is -2.02. The number of fused-ring (bicyclic) bond motifs is 1. The number of aromatic nitrogens is 2. The lowest BCUT2D eigenvalue weighted by atomic mass is 10.1. The van der Waals surface area contributed by atoms with E-state index < -0.39 is 5.97 Å².